The molecule has 2 N–H and O–H groups in total. The third-order valence-electron chi connectivity index (χ3n) is 1.17. The van der Waals surface area contributed by atoms with Crippen molar-refractivity contribution in [1.82, 2.24) is 0 Å². The van der Waals surface area contributed by atoms with Gasteiger partial charge >= 0.3 is 0 Å². The molecule has 0 spiro atoms. The summed E-state index contributed by atoms with van der Waals surface area (Å²) in [5.41, 5.74) is 5.31. The van der Waals surface area contributed by atoms with Crippen LogP contribution < -0.4 is 5.73 Å². The van der Waals surface area contributed by atoms with Gasteiger partial charge in [0, 0.05) is 14.2 Å². The zero-order valence-electron chi connectivity index (χ0n) is 6.09. The Bertz CT molecular complexity index is 58.9. The smallest absolute Gasteiger partial charge is 0.134 e. The Labute approximate surface area is 58.3 Å². The van der Waals surface area contributed by atoms with E-state index in [4.69, 9.17) is 15.2 Å². The van der Waals surface area contributed by atoms with Crippen LogP contribution in [-0.2, 0) is 9.47 Å². The van der Waals surface area contributed by atoms with Gasteiger partial charge in [-0.15, -0.1) is 0 Å². The first kappa shape index (κ1) is 9.10. The Morgan fingerprint density at radius 2 is 2.00 bits per heavy atom. The summed E-state index contributed by atoms with van der Waals surface area (Å²) in [6, 6.07) is 1.09. The highest BCUT2D eigenvalue weighted by atomic mass is 28.2. The Balaban J connectivity index is 3.09. The highest BCUT2D eigenvalue weighted by Crippen LogP contribution is 1.89. The summed E-state index contributed by atoms with van der Waals surface area (Å²) in [5, 5.41) is 0. The van der Waals surface area contributed by atoms with Crippen LogP contribution in [0.2, 0.25) is 6.04 Å². The van der Waals surface area contributed by atoms with E-state index in [1.807, 2.05) is 0 Å². The first-order valence-electron chi connectivity index (χ1n) is 3.10. The molecule has 0 aromatic carbocycles. The lowest BCUT2D eigenvalue weighted by Gasteiger charge is -2.10. The standard InChI is InChI=1S/C5H15NO2Si/c1-7-5(8-2)9-4-3-6/h5H,3-4,6,9H2,1-2H3. The molecule has 0 rings (SSSR count). The maximum atomic E-state index is 5.31. The van der Waals surface area contributed by atoms with Gasteiger partial charge < -0.3 is 15.2 Å². The predicted octanol–water partition coefficient (Wildman–Crippen LogP) is -0.891. The lowest BCUT2D eigenvalue weighted by atomic mass is 10.8. The van der Waals surface area contributed by atoms with Crippen LogP contribution in [0.5, 0.6) is 0 Å². The molecule has 0 aliphatic rings. The maximum Gasteiger partial charge on any atom is 0.134 e. The van der Waals surface area contributed by atoms with Crippen molar-refractivity contribution in [2.24, 2.45) is 5.73 Å². The molecule has 0 amide bonds. The SMILES string of the molecule is COC(OC)[SiH2]CCN. The van der Waals surface area contributed by atoms with Crippen molar-refractivity contribution in [2.45, 2.75) is 12.0 Å². The van der Waals surface area contributed by atoms with E-state index in [1.165, 1.54) is 0 Å². The normalized spacial score (nSPS) is 12.0. The van der Waals surface area contributed by atoms with E-state index in [0.29, 0.717) is 0 Å². The molecule has 0 aliphatic carbocycles. The van der Waals surface area contributed by atoms with Gasteiger partial charge in [0.2, 0.25) is 0 Å². The summed E-state index contributed by atoms with van der Waals surface area (Å²) in [5.74, 6) is 0.0635. The van der Waals surface area contributed by atoms with Gasteiger partial charge in [-0.3, -0.25) is 0 Å². The van der Waals surface area contributed by atoms with E-state index in [9.17, 15) is 0 Å². The van der Waals surface area contributed by atoms with Crippen LogP contribution in [0, 0.1) is 0 Å². The van der Waals surface area contributed by atoms with Gasteiger partial charge in [0.1, 0.15) is 5.91 Å². The number of hydrogen-bond donors (Lipinski definition) is 1. The molecule has 0 heterocycles. The minimum absolute atomic E-state index is 0.0635. The van der Waals surface area contributed by atoms with Crippen LogP contribution in [-0.4, -0.2) is 36.2 Å². The zero-order chi connectivity index (χ0) is 7.11. The fourth-order valence-electron chi connectivity index (χ4n) is 0.616. The van der Waals surface area contributed by atoms with Crippen molar-refractivity contribution in [3.8, 4) is 0 Å². The Hall–Kier alpha value is 0.0969. The van der Waals surface area contributed by atoms with Crippen molar-refractivity contribution in [3.63, 3.8) is 0 Å². The van der Waals surface area contributed by atoms with Gasteiger partial charge in [-0.1, -0.05) is 0 Å². The topological polar surface area (TPSA) is 44.5 Å². The number of ether oxygens (including phenoxy) is 2. The zero-order valence-corrected chi connectivity index (χ0v) is 7.51. The fourth-order valence-corrected chi connectivity index (χ4v) is 1.66. The second-order valence-electron chi connectivity index (χ2n) is 1.83. The highest BCUT2D eigenvalue weighted by Gasteiger charge is 2.02. The first-order valence-corrected chi connectivity index (χ1v) is 4.92. The number of hydrogen-bond acceptors (Lipinski definition) is 3. The molecule has 0 aliphatic heterocycles. The van der Waals surface area contributed by atoms with Crippen molar-refractivity contribution < 1.29 is 9.47 Å². The molecule has 4 heteroatoms. The van der Waals surface area contributed by atoms with E-state index in [-0.39, 0.29) is 15.4 Å². The summed E-state index contributed by atoms with van der Waals surface area (Å²) in [6.45, 7) is 0.759. The highest BCUT2D eigenvalue weighted by molar-refractivity contribution is 6.36. The molecular weight excluding hydrogens is 134 g/mol. The predicted molar refractivity (Wildman–Crippen MR) is 40.2 cm³/mol. The summed E-state index contributed by atoms with van der Waals surface area (Å²) in [6.07, 6.45) is 0. The molecule has 0 aromatic rings. The van der Waals surface area contributed by atoms with E-state index >= 15 is 0 Å². The van der Waals surface area contributed by atoms with Crippen LogP contribution in [0.3, 0.4) is 0 Å². The molecule has 0 fully saturated rings. The van der Waals surface area contributed by atoms with Gasteiger partial charge in [0.25, 0.3) is 0 Å². The second-order valence-corrected chi connectivity index (χ2v) is 3.78. The number of nitrogens with two attached hydrogens (primary N) is 1. The second kappa shape index (κ2) is 6.22. The summed E-state index contributed by atoms with van der Waals surface area (Å²) in [7, 11) is 3.08. The summed E-state index contributed by atoms with van der Waals surface area (Å²) >= 11 is 0. The molecular formula is C5H15NO2Si. The molecule has 0 bridgehead atoms. The average Bonchev–Trinajstić information content (AvgIpc) is 1.91. The van der Waals surface area contributed by atoms with Crippen molar-refractivity contribution in [3.05, 3.63) is 0 Å². The Morgan fingerprint density at radius 3 is 2.33 bits per heavy atom. The van der Waals surface area contributed by atoms with Crippen molar-refractivity contribution in [2.75, 3.05) is 20.8 Å². The number of methoxy groups -OCH3 is 2. The first-order chi connectivity index (χ1) is 4.35. The van der Waals surface area contributed by atoms with Crippen molar-refractivity contribution in [1.29, 1.82) is 0 Å². The molecule has 0 radical (unpaired) electrons. The summed E-state index contributed by atoms with van der Waals surface area (Å²) in [4.78, 5) is 0. The lowest BCUT2D eigenvalue weighted by Crippen LogP contribution is -2.23. The Kier molecular flexibility index (Phi) is 6.29. The summed E-state index contributed by atoms with van der Waals surface area (Å²) < 4.78 is 9.97. The average molecular weight is 149 g/mol. The minimum Gasteiger partial charge on any atom is -0.360 e. The van der Waals surface area contributed by atoms with Crippen molar-refractivity contribution >= 4 is 9.52 Å². The molecule has 56 valence electrons. The molecule has 0 saturated carbocycles. The van der Waals surface area contributed by atoms with Gasteiger partial charge in [0.15, 0.2) is 0 Å². The maximum absolute atomic E-state index is 5.31. The quantitative estimate of drug-likeness (QED) is 0.407. The monoisotopic (exact) mass is 149 g/mol. The number of rotatable bonds is 5. The molecule has 3 nitrogen and oxygen atoms in total. The molecule has 9 heavy (non-hydrogen) atoms. The van der Waals surface area contributed by atoms with E-state index in [2.05, 4.69) is 0 Å². The van der Waals surface area contributed by atoms with Crippen LogP contribution in [0.1, 0.15) is 0 Å². The molecule has 0 unspecified atom stereocenters. The fraction of sp³-hybridized carbons (Fsp3) is 1.00. The van der Waals surface area contributed by atoms with E-state index < -0.39 is 0 Å². The molecule has 0 atom stereocenters. The van der Waals surface area contributed by atoms with Gasteiger partial charge in [-0.2, -0.15) is 0 Å². The largest absolute Gasteiger partial charge is 0.360 e. The minimum atomic E-state index is -0.244. The van der Waals surface area contributed by atoms with E-state index in [1.54, 1.807) is 14.2 Å². The van der Waals surface area contributed by atoms with Crippen LogP contribution in [0.15, 0.2) is 0 Å². The molecule has 0 aromatic heterocycles. The van der Waals surface area contributed by atoms with Crippen LogP contribution in [0.4, 0.5) is 0 Å². The third kappa shape index (κ3) is 4.59. The van der Waals surface area contributed by atoms with Gasteiger partial charge in [0.05, 0.1) is 9.52 Å². The van der Waals surface area contributed by atoms with E-state index in [0.717, 1.165) is 12.6 Å². The third-order valence-corrected chi connectivity index (χ3v) is 3.12. The molecule has 0 saturated heterocycles. The van der Waals surface area contributed by atoms with Crippen LogP contribution in [0.25, 0.3) is 0 Å². The van der Waals surface area contributed by atoms with Gasteiger partial charge in [-0.25, -0.2) is 0 Å². The lowest BCUT2D eigenvalue weighted by molar-refractivity contribution is -0.0440. The Morgan fingerprint density at radius 1 is 1.44 bits per heavy atom. The van der Waals surface area contributed by atoms with Gasteiger partial charge in [-0.05, 0) is 12.6 Å². The van der Waals surface area contributed by atoms with Crippen LogP contribution >= 0.6 is 0 Å².